The molecule has 2 heterocycles. The smallest absolute Gasteiger partial charge is 0.191 e. The fourth-order valence-corrected chi connectivity index (χ4v) is 3.17. The average Bonchev–Trinajstić information content (AvgIpc) is 2.61. The van der Waals surface area contributed by atoms with Crippen LogP contribution in [0.4, 0.5) is 0 Å². The lowest BCUT2D eigenvalue weighted by atomic mass is 10.0. The Bertz CT molecular complexity index is 506. The molecule has 2 N–H and O–H groups in total. The number of piperidine rings is 1. The van der Waals surface area contributed by atoms with E-state index in [1.54, 1.807) is 0 Å². The third-order valence-corrected chi connectivity index (χ3v) is 4.80. The minimum absolute atomic E-state index is 0.539. The lowest BCUT2D eigenvalue weighted by Gasteiger charge is -2.33. The Morgan fingerprint density at radius 2 is 2.17 bits per heavy atom. The van der Waals surface area contributed by atoms with Crippen LogP contribution in [0.25, 0.3) is 0 Å². The highest BCUT2D eigenvalue weighted by Gasteiger charge is 2.19. The summed E-state index contributed by atoms with van der Waals surface area (Å²) in [5.41, 5.74) is 2.60. The van der Waals surface area contributed by atoms with Gasteiger partial charge in [-0.15, -0.1) is 0 Å². The van der Waals surface area contributed by atoms with Gasteiger partial charge in [0, 0.05) is 45.1 Å². The summed E-state index contributed by atoms with van der Waals surface area (Å²) in [6, 6.07) is 2.64. The number of pyridine rings is 1. The molecule has 0 aromatic carbocycles. The molecule has 5 nitrogen and oxygen atoms in total. The fourth-order valence-electron chi connectivity index (χ4n) is 3.17. The molecule has 24 heavy (non-hydrogen) atoms. The molecular weight excluding hydrogens is 298 g/mol. The van der Waals surface area contributed by atoms with Crippen LogP contribution in [0, 0.1) is 6.92 Å². The fraction of sp³-hybridized carbons (Fsp3) is 0.684. The zero-order valence-electron chi connectivity index (χ0n) is 15.5. The van der Waals surface area contributed by atoms with Crippen LogP contribution in [0.2, 0.25) is 0 Å². The maximum absolute atomic E-state index is 4.37. The van der Waals surface area contributed by atoms with Crippen LogP contribution in [0.5, 0.6) is 0 Å². The summed E-state index contributed by atoms with van der Waals surface area (Å²) in [5, 5.41) is 7.03. The molecule has 0 spiro atoms. The van der Waals surface area contributed by atoms with E-state index >= 15 is 0 Å². The predicted octanol–water partition coefficient (Wildman–Crippen LogP) is 2.36. The van der Waals surface area contributed by atoms with Gasteiger partial charge in [0.25, 0.3) is 0 Å². The Hall–Kier alpha value is -1.62. The van der Waals surface area contributed by atoms with Gasteiger partial charge in [-0.1, -0.05) is 13.3 Å². The normalized spacial score (nSPS) is 17.0. The van der Waals surface area contributed by atoms with Crippen molar-refractivity contribution < 1.29 is 0 Å². The Morgan fingerprint density at radius 3 is 2.83 bits per heavy atom. The van der Waals surface area contributed by atoms with Gasteiger partial charge in [0.05, 0.1) is 0 Å². The van der Waals surface area contributed by atoms with Gasteiger partial charge >= 0.3 is 0 Å². The van der Waals surface area contributed by atoms with E-state index in [9.17, 15) is 0 Å². The topological polar surface area (TPSA) is 52.5 Å². The van der Waals surface area contributed by atoms with Crippen LogP contribution in [0.1, 0.15) is 43.7 Å². The first-order valence-electron chi connectivity index (χ1n) is 9.32. The number of aliphatic imine (C=N–C) groups is 1. The van der Waals surface area contributed by atoms with Crippen molar-refractivity contribution >= 4 is 5.96 Å². The zero-order chi connectivity index (χ0) is 17.2. The highest BCUT2D eigenvalue weighted by molar-refractivity contribution is 5.79. The van der Waals surface area contributed by atoms with Crippen molar-refractivity contribution in [3.8, 4) is 0 Å². The van der Waals surface area contributed by atoms with Crippen molar-refractivity contribution in [1.82, 2.24) is 20.5 Å². The largest absolute Gasteiger partial charge is 0.356 e. The van der Waals surface area contributed by atoms with Crippen molar-refractivity contribution in [3.63, 3.8) is 0 Å². The Morgan fingerprint density at radius 1 is 1.38 bits per heavy atom. The van der Waals surface area contributed by atoms with Crippen LogP contribution in [0.15, 0.2) is 23.5 Å². The van der Waals surface area contributed by atoms with Gasteiger partial charge in [-0.3, -0.25) is 9.98 Å². The molecule has 0 atom stereocenters. The number of aromatic nitrogens is 1. The van der Waals surface area contributed by atoms with Gasteiger partial charge in [0.1, 0.15) is 0 Å². The van der Waals surface area contributed by atoms with E-state index in [1.165, 1.54) is 56.4 Å². The first-order chi connectivity index (χ1) is 11.7. The van der Waals surface area contributed by atoms with Gasteiger partial charge in [-0.2, -0.15) is 0 Å². The SMILES string of the molecule is CCCCN1CCC(NC(=NC)NCCc2ccncc2C)CC1. The molecule has 0 bridgehead atoms. The minimum Gasteiger partial charge on any atom is -0.356 e. The summed E-state index contributed by atoms with van der Waals surface area (Å²) in [5.74, 6) is 0.925. The van der Waals surface area contributed by atoms with Crippen molar-refractivity contribution in [2.24, 2.45) is 4.99 Å². The molecule has 1 saturated heterocycles. The molecule has 1 fully saturated rings. The summed E-state index contributed by atoms with van der Waals surface area (Å²) < 4.78 is 0. The van der Waals surface area contributed by atoms with Gasteiger partial charge in [-0.05, 0) is 56.3 Å². The molecule has 0 saturated carbocycles. The minimum atomic E-state index is 0.539. The number of hydrogen-bond donors (Lipinski definition) is 2. The molecule has 1 aliphatic heterocycles. The summed E-state index contributed by atoms with van der Waals surface area (Å²) in [7, 11) is 1.85. The highest BCUT2D eigenvalue weighted by Crippen LogP contribution is 2.11. The monoisotopic (exact) mass is 331 g/mol. The van der Waals surface area contributed by atoms with Gasteiger partial charge in [0.15, 0.2) is 5.96 Å². The van der Waals surface area contributed by atoms with Crippen molar-refractivity contribution in [2.75, 3.05) is 33.2 Å². The number of hydrogen-bond acceptors (Lipinski definition) is 3. The zero-order valence-corrected chi connectivity index (χ0v) is 15.5. The summed E-state index contributed by atoms with van der Waals surface area (Å²) in [6.45, 7) is 8.91. The Labute approximate surface area is 147 Å². The molecule has 1 aliphatic rings. The average molecular weight is 332 g/mol. The summed E-state index contributed by atoms with van der Waals surface area (Å²) in [4.78, 5) is 11.1. The predicted molar refractivity (Wildman–Crippen MR) is 102 cm³/mol. The third kappa shape index (κ3) is 6.11. The number of unbranched alkanes of at least 4 members (excludes halogenated alkanes) is 1. The van der Waals surface area contributed by atoms with E-state index in [0.717, 1.165) is 18.9 Å². The molecule has 0 radical (unpaired) electrons. The lowest BCUT2D eigenvalue weighted by molar-refractivity contribution is 0.203. The van der Waals surface area contributed by atoms with E-state index in [0.29, 0.717) is 6.04 Å². The second-order valence-electron chi connectivity index (χ2n) is 6.66. The maximum atomic E-state index is 4.37. The molecule has 134 valence electrons. The number of rotatable bonds is 7. The molecule has 1 aromatic rings. The van der Waals surface area contributed by atoms with Gasteiger partial charge in [0.2, 0.25) is 0 Å². The summed E-state index contributed by atoms with van der Waals surface area (Å²) >= 11 is 0. The first kappa shape index (κ1) is 18.7. The van der Waals surface area contributed by atoms with E-state index in [-0.39, 0.29) is 0 Å². The molecule has 0 unspecified atom stereocenters. The van der Waals surface area contributed by atoms with Crippen LogP contribution in [-0.4, -0.2) is 55.1 Å². The van der Waals surface area contributed by atoms with Crippen LogP contribution < -0.4 is 10.6 Å². The molecular formula is C19H33N5. The van der Waals surface area contributed by atoms with Crippen LogP contribution in [-0.2, 0) is 6.42 Å². The maximum Gasteiger partial charge on any atom is 0.191 e. The number of nitrogens with one attached hydrogen (secondary N) is 2. The van der Waals surface area contributed by atoms with E-state index < -0.39 is 0 Å². The van der Waals surface area contributed by atoms with Crippen molar-refractivity contribution in [2.45, 2.75) is 52.0 Å². The highest BCUT2D eigenvalue weighted by atomic mass is 15.2. The van der Waals surface area contributed by atoms with Gasteiger partial charge < -0.3 is 15.5 Å². The molecule has 5 heteroatoms. The van der Waals surface area contributed by atoms with Gasteiger partial charge in [-0.25, -0.2) is 0 Å². The van der Waals surface area contributed by atoms with E-state index in [2.05, 4.69) is 45.4 Å². The molecule has 0 amide bonds. The van der Waals surface area contributed by atoms with E-state index in [1.807, 2.05) is 19.4 Å². The number of aryl methyl sites for hydroxylation is 1. The number of likely N-dealkylation sites (tertiary alicyclic amines) is 1. The quantitative estimate of drug-likeness (QED) is 0.595. The van der Waals surface area contributed by atoms with E-state index in [4.69, 9.17) is 0 Å². The third-order valence-electron chi connectivity index (χ3n) is 4.80. The molecule has 2 rings (SSSR count). The number of guanidine groups is 1. The number of nitrogens with zero attached hydrogens (tertiary/aromatic N) is 3. The molecule has 0 aliphatic carbocycles. The Balaban J connectivity index is 1.69. The second-order valence-corrected chi connectivity index (χ2v) is 6.66. The second kappa shape index (κ2) is 10.3. The van der Waals surface area contributed by atoms with Crippen molar-refractivity contribution in [1.29, 1.82) is 0 Å². The van der Waals surface area contributed by atoms with Crippen LogP contribution >= 0.6 is 0 Å². The van der Waals surface area contributed by atoms with Crippen LogP contribution in [0.3, 0.4) is 0 Å². The van der Waals surface area contributed by atoms with Crippen molar-refractivity contribution in [3.05, 3.63) is 29.6 Å². The Kier molecular flexibility index (Phi) is 8.02. The summed E-state index contributed by atoms with van der Waals surface area (Å²) in [6.07, 6.45) is 9.78. The molecule has 1 aromatic heterocycles. The standard InChI is InChI=1S/C19H33N5/c1-4-5-12-24-13-8-18(9-14-24)23-19(20-3)22-11-7-17-6-10-21-15-16(17)2/h6,10,15,18H,4-5,7-9,11-14H2,1-3H3,(H2,20,22,23). The first-order valence-corrected chi connectivity index (χ1v) is 9.32. The lowest BCUT2D eigenvalue weighted by Crippen LogP contribution is -2.49.